The third-order valence-electron chi connectivity index (χ3n) is 4.53. The molecule has 2 amide bonds. The van der Waals surface area contributed by atoms with E-state index in [-0.39, 0.29) is 24.3 Å². The summed E-state index contributed by atoms with van der Waals surface area (Å²) in [5.41, 5.74) is 1.33. The standard InChI is InChI=1S/C17H21Cl2N3O2/c1-11-2-5-13(18)16(15(11)19)20-14(23)10-21-6-8-22(9-7-21)17(24)12-3-4-12/h2,5,12H,3-4,6-10H2,1H3,(H,20,23). The summed E-state index contributed by atoms with van der Waals surface area (Å²) < 4.78 is 0. The molecular formula is C17H21Cl2N3O2. The van der Waals surface area contributed by atoms with Gasteiger partial charge in [0.05, 0.1) is 22.3 Å². The van der Waals surface area contributed by atoms with Crippen molar-refractivity contribution in [1.29, 1.82) is 0 Å². The Morgan fingerprint density at radius 1 is 1.17 bits per heavy atom. The number of amides is 2. The van der Waals surface area contributed by atoms with Gasteiger partial charge in [0, 0.05) is 32.1 Å². The molecular weight excluding hydrogens is 349 g/mol. The lowest BCUT2D eigenvalue weighted by Crippen LogP contribution is -2.50. The van der Waals surface area contributed by atoms with Crippen LogP contribution in [0, 0.1) is 12.8 Å². The maximum atomic E-state index is 12.3. The fourth-order valence-corrected chi connectivity index (χ4v) is 3.33. The Kier molecular flexibility index (Phi) is 5.33. The third-order valence-corrected chi connectivity index (χ3v) is 5.33. The third kappa shape index (κ3) is 4.02. The molecule has 2 fully saturated rings. The van der Waals surface area contributed by atoms with E-state index in [0.29, 0.717) is 41.9 Å². The van der Waals surface area contributed by atoms with Crippen molar-refractivity contribution >= 4 is 40.7 Å². The maximum absolute atomic E-state index is 12.3. The normalized spacial score (nSPS) is 18.5. The Balaban J connectivity index is 1.51. The van der Waals surface area contributed by atoms with Gasteiger partial charge in [-0.05, 0) is 31.4 Å². The van der Waals surface area contributed by atoms with Gasteiger partial charge in [-0.15, -0.1) is 0 Å². The van der Waals surface area contributed by atoms with Crippen molar-refractivity contribution < 1.29 is 9.59 Å². The molecule has 1 aliphatic heterocycles. The van der Waals surface area contributed by atoms with E-state index in [9.17, 15) is 9.59 Å². The second kappa shape index (κ2) is 7.30. The quantitative estimate of drug-likeness (QED) is 0.887. The number of carbonyl (C=O) groups is 2. The highest BCUT2D eigenvalue weighted by atomic mass is 35.5. The Labute approximate surface area is 151 Å². The highest BCUT2D eigenvalue weighted by molar-refractivity contribution is 6.40. The molecule has 1 saturated carbocycles. The monoisotopic (exact) mass is 369 g/mol. The van der Waals surface area contributed by atoms with Gasteiger partial charge in [-0.2, -0.15) is 0 Å². The van der Waals surface area contributed by atoms with Gasteiger partial charge < -0.3 is 10.2 Å². The van der Waals surface area contributed by atoms with Crippen LogP contribution in [0.3, 0.4) is 0 Å². The first-order valence-electron chi connectivity index (χ1n) is 8.21. The minimum atomic E-state index is -0.147. The second-order valence-electron chi connectivity index (χ2n) is 6.48. The van der Waals surface area contributed by atoms with E-state index < -0.39 is 0 Å². The Morgan fingerprint density at radius 2 is 1.83 bits per heavy atom. The minimum absolute atomic E-state index is 0.147. The van der Waals surface area contributed by atoms with E-state index >= 15 is 0 Å². The number of aryl methyl sites for hydroxylation is 1. The van der Waals surface area contributed by atoms with Crippen LogP contribution in [0.2, 0.25) is 10.0 Å². The van der Waals surface area contributed by atoms with E-state index in [4.69, 9.17) is 23.2 Å². The van der Waals surface area contributed by atoms with E-state index in [2.05, 4.69) is 5.32 Å². The van der Waals surface area contributed by atoms with Crippen LogP contribution in [-0.4, -0.2) is 54.3 Å². The summed E-state index contributed by atoms with van der Waals surface area (Å²) in [5, 5.41) is 3.70. The van der Waals surface area contributed by atoms with E-state index in [1.54, 1.807) is 6.07 Å². The lowest BCUT2D eigenvalue weighted by molar-refractivity contribution is -0.134. The predicted octanol–water partition coefficient (Wildman–Crippen LogP) is 2.79. The molecule has 0 radical (unpaired) electrons. The number of piperazine rings is 1. The number of nitrogens with one attached hydrogen (secondary N) is 1. The number of anilines is 1. The smallest absolute Gasteiger partial charge is 0.238 e. The zero-order valence-electron chi connectivity index (χ0n) is 13.6. The van der Waals surface area contributed by atoms with Crippen molar-refractivity contribution in [1.82, 2.24) is 9.80 Å². The lowest BCUT2D eigenvalue weighted by Gasteiger charge is -2.34. The molecule has 1 aromatic carbocycles. The maximum Gasteiger partial charge on any atom is 0.238 e. The van der Waals surface area contributed by atoms with Gasteiger partial charge in [-0.1, -0.05) is 29.3 Å². The molecule has 1 heterocycles. The zero-order chi connectivity index (χ0) is 17.3. The van der Waals surface area contributed by atoms with Gasteiger partial charge in [-0.3, -0.25) is 14.5 Å². The van der Waals surface area contributed by atoms with Crippen LogP contribution in [0.15, 0.2) is 12.1 Å². The fourth-order valence-electron chi connectivity index (χ4n) is 2.87. The fraction of sp³-hybridized carbons (Fsp3) is 0.529. The van der Waals surface area contributed by atoms with Crippen LogP contribution < -0.4 is 5.32 Å². The number of benzene rings is 1. The van der Waals surface area contributed by atoms with Crippen molar-refractivity contribution in [3.63, 3.8) is 0 Å². The van der Waals surface area contributed by atoms with Crippen LogP contribution in [0.5, 0.6) is 0 Å². The number of halogens is 2. The summed E-state index contributed by atoms with van der Waals surface area (Å²) in [7, 11) is 0. The second-order valence-corrected chi connectivity index (χ2v) is 7.26. The van der Waals surface area contributed by atoms with Crippen molar-refractivity contribution in [2.24, 2.45) is 5.92 Å². The highest BCUT2D eigenvalue weighted by Gasteiger charge is 2.34. The van der Waals surface area contributed by atoms with E-state index in [0.717, 1.165) is 18.4 Å². The first kappa shape index (κ1) is 17.5. The first-order valence-corrected chi connectivity index (χ1v) is 8.97. The largest absolute Gasteiger partial charge is 0.340 e. The van der Waals surface area contributed by atoms with Gasteiger partial charge in [0.25, 0.3) is 0 Å². The molecule has 2 aliphatic rings. The molecule has 5 nitrogen and oxygen atoms in total. The average molecular weight is 370 g/mol. The summed E-state index contributed by atoms with van der Waals surface area (Å²) in [5.74, 6) is 0.384. The number of nitrogens with zero attached hydrogens (tertiary/aromatic N) is 2. The predicted molar refractivity (Wildman–Crippen MR) is 95.6 cm³/mol. The molecule has 24 heavy (non-hydrogen) atoms. The van der Waals surface area contributed by atoms with Crippen molar-refractivity contribution in [3.05, 3.63) is 27.7 Å². The SMILES string of the molecule is Cc1ccc(Cl)c(NC(=O)CN2CCN(C(=O)C3CC3)CC2)c1Cl. The molecule has 0 spiro atoms. The van der Waals surface area contributed by atoms with Gasteiger partial charge in [0.1, 0.15) is 0 Å². The Bertz CT molecular complexity index is 653. The Morgan fingerprint density at radius 3 is 2.46 bits per heavy atom. The summed E-state index contributed by atoms with van der Waals surface area (Å²) in [6.07, 6.45) is 2.05. The molecule has 0 bridgehead atoms. The van der Waals surface area contributed by atoms with Crippen LogP contribution >= 0.6 is 23.2 Å². The Hall–Kier alpha value is -1.30. The van der Waals surface area contributed by atoms with Crippen LogP contribution in [0.1, 0.15) is 18.4 Å². The number of rotatable bonds is 4. The topological polar surface area (TPSA) is 52.7 Å². The molecule has 1 aromatic rings. The number of hydrogen-bond donors (Lipinski definition) is 1. The van der Waals surface area contributed by atoms with Crippen molar-refractivity contribution in [2.75, 3.05) is 38.0 Å². The summed E-state index contributed by atoms with van der Waals surface area (Å²) in [6, 6.07) is 3.54. The molecule has 0 atom stereocenters. The first-order chi connectivity index (χ1) is 11.5. The molecule has 7 heteroatoms. The molecule has 1 saturated heterocycles. The molecule has 130 valence electrons. The molecule has 3 rings (SSSR count). The van der Waals surface area contributed by atoms with Gasteiger partial charge in [0.15, 0.2) is 0 Å². The molecule has 1 aliphatic carbocycles. The van der Waals surface area contributed by atoms with Gasteiger partial charge >= 0.3 is 0 Å². The lowest BCUT2D eigenvalue weighted by atomic mass is 10.2. The van der Waals surface area contributed by atoms with Crippen molar-refractivity contribution in [2.45, 2.75) is 19.8 Å². The van der Waals surface area contributed by atoms with Crippen LogP contribution in [0.4, 0.5) is 5.69 Å². The highest BCUT2D eigenvalue weighted by Crippen LogP contribution is 2.33. The average Bonchev–Trinajstić information content (AvgIpc) is 3.40. The van der Waals surface area contributed by atoms with E-state index in [1.165, 1.54) is 0 Å². The number of hydrogen-bond acceptors (Lipinski definition) is 3. The molecule has 1 N–H and O–H groups in total. The molecule has 0 unspecified atom stereocenters. The zero-order valence-corrected chi connectivity index (χ0v) is 15.2. The van der Waals surface area contributed by atoms with E-state index in [1.807, 2.05) is 22.8 Å². The van der Waals surface area contributed by atoms with Gasteiger partial charge in [0.2, 0.25) is 11.8 Å². The summed E-state index contributed by atoms with van der Waals surface area (Å²) in [4.78, 5) is 28.3. The van der Waals surface area contributed by atoms with Crippen LogP contribution in [0.25, 0.3) is 0 Å². The summed E-state index contributed by atoms with van der Waals surface area (Å²) >= 11 is 12.3. The molecule has 0 aromatic heterocycles. The van der Waals surface area contributed by atoms with Gasteiger partial charge in [-0.25, -0.2) is 0 Å². The van der Waals surface area contributed by atoms with Crippen LogP contribution in [-0.2, 0) is 9.59 Å². The minimum Gasteiger partial charge on any atom is -0.340 e. The summed E-state index contributed by atoms with van der Waals surface area (Å²) in [6.45, 7) is 4.93. The number of carbonyl (C=O) groups excluding carboxylic acids is 2. The van der Waals surface area contributed by atoms with Crippen molar-refractivity contribution in [3.8, 4) is 0 Å².